The van der Waals surface area contributed by atoms with E-state index in [9.17, 15) is 0 Å². The summed E-state index contributed by atoms with van der Waals surface area (Å²) in [6.07, 6.45) is 10.3. The zero-order valence-electron chi connectivity index (χ0n) is 24.4. The monoisotopic (exact) mass is 642 g/mol. The van der Waals surface area contributed by atoms with Crippen LogP contribution >= 0.6 is 49.6 Å². The average molecular weight is 645 g/mol. The van der Waals surface area contributed by atoms with Gasteiger partial charge < -0.3 is 30.7 Å². The maximum atomic E-state index is 5.19. The molecule has 2 rings (SSSR count). The molecule has 0 aliphatic rings. The minimum Gasteiger partial charge on any atom is -0.497 e. The molecule has 0 fully saturated rings. The molecule has 0 atom stereocenters. The van der Waals surface area contributed by atoms with E-state index in [2.05, 4.69) is 45.5 Å². The topological polar surface area (TPSA) is 66.6 Å². The van der Waals surface area contributed by atoms with Crippen LogP contribution in [0.3, 0.4) is 0 Å². The number of ether oxygens (including phenoxy) is 2. The second-order valence-electron chi connectivity index (χ2n) is 9.38. The third kappa shape index (κ3) is 22.7. The van der Waals surface area contributed by atoms with Crippen LogP contribution in [0.1, 0.15) is 62.5 Å². The molecule has 0 unspecified atom stereocenters. The van der Waals surface area contributed by atoms with Crippen molar-refractivity contribution < 1.29 is 9.47 Å². The Morgan fingerprint density at radius 3 is 1.05 bits per heavy atom. The first-order valence-electron chi connectivity index (χ1n) is 13.9. The van der Waals surface area contributed by atoms with Gasteiger partial charge in [0.25, 0.3) is 0 Å². The summed E-state index contributed by atoms with van der Waals surface area (Å²) in [7, 11) is 3.40. The third-order valence-electron chi connectivity index (χ3n) is 6.35. The highest BCUT2D eigenvalue weighted by molar-refractivity contribution is 5.86. The van der Waals surface area contributed by atoms with Crippen LogP contribution in [0, 0.1) is 0 Å². The molecule has 10 heteroatoms. The molecule has 0 amide bonds. The second kappa shape index (κ2) is 31.0. The Morgan fingerprint density at radius 2 is 0.700 bits per heavy atom. The Hall–Kier alpha value is -0.960. The lowest BCUT2D eigenvalue weighted by Crippen LogP contribution is -2.22. The number of unbranched alkanes of at least 4 members (excludes halogenated alkanes) is 5. The van der Waals surface area contributed by atoms with Crippen LogP contribution < -0.4 is 30.7 Å². The Labute approximate surface area is 268 Å². The Kier molecular flexibility index (Phi) is 33.7. The third-order valence-corrected chi connectivity index (χ3v) is 6.35. The van der Waals surface area contributed by atoms with Crippen molar-refractivity contribution in [3.63, 3.8) is 0 Å². The summed E-state index contributed by atoms with van der Waals surface area (Å²) in [4.78, 5) is 0. The first kappa shape index (κ1) is 43.5. The van der Waals surface area contributed by atoms with Crippen molar-refractivity contribution in [2.45, 2.75) is 64.5 Å². The summed E-state index contributed by atoms with van der Waals surface area (Å²) in [5.41, 5.74) is 2.60. The van der Waals surface area contributed by atoms with Crippen LogP contribution in [0.2, 0.25) is 0 Å². The maximum Gasteiger partial charge on any atom is 0.118 e. The molecular weight excluding hydrogens is 590 g/mol. The predicted molar refractivity (Wildman–Crippen MR) is 181 cm³/mol. The molecule has 0 aliphatic heterocycles. The number of hydrogen-bond donors (Lipinski definition) is 4. The summed E-state index contributed by atoms with van der Waals surface area (Å²) in [5.74, 6) is 1.83. The van der Waals surface area contributed by atoms with Crippen molar-refractivity contribution in [2.75, 3.05) is 53.5 Å². The van der Waals surface area contributed by atoms with Gasteiger partial charge in [-0.3, -0.25) is 0 Å². The first-order valence-corrected chi connectivity index (χ1v) is 13.9. The maximum absolute atomic E-state index is 5.19. The van der Waals surface area contributed by atoms with Gasteiger partial charge in [0.15, 0.2) is 0 Å². The van der Waals surface area contributed by atoms with Crippen LogP contribution in [0.15, 0.2) is 48.5 Å². The molecule has 0 heterocycles. The van der Waals surface area contributed by atoms with Gasteiger partial charge in [-0.05, 0) is 100 Å². The molecule has 0 aromatic heterocycles. The Morgan fingerprint density at radius 1 is 0.400 bits per heavy atom. The van der Waals surface area contributed by atoms with E-state index in [0.717, 1.165) is 63.9 Å². The molecule has 234 valence electrons. The largest absolute Gasteiger partial charge is 0.497 e. The number of halogens is 4. The van der Waals surface area contributed by atoms with E-state index in [1.54, 1.807) is 14.2 Å². The minimum absolute atomic E-state index is 0. The molecule has 0 radical (unpaired) electrons. The van der Waals surface area contributed by atoms with Gasteiger partial charge >= 0.3 is 0 Å². The molecule has 2 aromatic carbocycles. The highest BCUT2D eigenvalue weighted by Crippen LogP contribution is 2.11. The van der Waals surface area contributed by atoms with Gasteiger partial charge in [0.2, 0.25) is 0 Å². The zero-order valence-corrected chi connectivity index (χ0v) is 27.6. The summed E-state index contributed by atoms with van der Waals surface area (Å²) in [5, 5.41) is 14.2. The van der Waals surface area contributed by atoms with Crippen LogP contribution in [0.4, 0.5) is 0 Å². The lowest BCUT2D eigenvalue weighted by molar-refractivity contribution is 0.414. The molecule has 40 heavy (non-hydrogen) atoms. The standard InChI is InChI=1S/C30H50N4O2.4ClH/c1-35-29-15-11-27(12-16-29)25-33-23-9-21-31-19-7-5-3-4-6-8-20-32-22-10-24-34-26-28-13-17-30(36-2)18-14-28;;;;/h11-18,31-34H,3-10,19-26H2,1-2H3;4*1H. The summed E-state index contributed by atoms with van der Waals surface area (Å²) in [6, 6.07) is 16.5. The number of benzene rings is 2. The van der Waals surface area contributed by atoms with Crippen molar-refractivity contribution in [3.05, 3.63) is 59.7 Å². The Balaban J connectivity index is -0.00000342. The van der Waals surface area contributed by atoms with Crippen LogP contribution in [0.25, 0.3) is 0 Å². The fourth-order valence-corrected chi connectivity index (χ4v) is 4.09. The molecule has 0 aliphatic carbocycles. The van der Waals surface area contributed by atoms with Crippen LogP contribution in [-0.2, 0) is 13.1 Å². The van der Waals surface area contributed by atoms with Gasteiger partial charge in [-0.25, -0.2) is 0 Å². The van der Waals surface area contributed by atoms with Crippen molar-refractivity contribution >= 4 is 49.6 Å². The zero-order chi connectivity index (χ0) is 25.5. The molecular formula is C30H54Cl4N4O2. The van der Waals surface area contributed by atoms with E-state index >= 15 is 0 Å². The molecule has 0 spiro atoms. The average Bonchev–Trinajstić information content (AvgIpc) is 2.92. The number of methoxy groups -OCH3 is 2. The van der Waals surface area contributed by atoms with Crippen molar-refractivity contribution in [2.24, 2.45) is 0 Å². The predicted octanol–water partition coefficient (Wildman–Crippen LogP) is 6.57. The minimum atomic E-state index is 0. The van der Waals surface area contributed by atoms with Gasteiger partial charge in [-0.2, -0.15) is 0 Å². The molecule has 6 nitrogen and oxygen atoms in total. The smallest absolute Gasteiger partial charge is 0.118 e. The Bertz CT molecular complexity index is 706. The molecule has 2 aromatic rings. The summed E-state index contributed by atoms with van der Waals surface area (Å²) in [6.45, 7) is 8.42. The molecule has 0 saturated carbocycles. The van der Waals surface area contributed by atoms with E-state index in [4.69, 9.17) is 9.47 Å². The summed E-state index contributed by atoms with van der Waals surface area (Å²) >= 11 is 0. The SMILES string of the molecule is COc1ccc(CNCCCNCCCCCCCCNCCCNCc2ccc(OC)cc2)cc1.Cl.Cl.Cl.Cl. The van der Waals surface area contributed by atoms with E-state index in [-0.39, 0.29) is 49.6 Å². The van der Waals surface area contributed by atoms with E-state index < -0.39 is 0 Å². The lowest BCUT2D eigenvalue weighted by Gasteiger charge is -2.08. The van der Waals surface area contributed by atoms with Gasteiger partial charge in [0.05, 0.1) is 14.2 Å². The van der Waals surface area contributed by atoms with Gasteiger partial charge in [0.1, 0.15) is 11.5 Å². The van der Waals surface area contributed by atoms with E-state index in [1.165, 1.54) is 62.5 Å². The lowest BCUT2D eigenvalue weighted by atomic mass is 10.1. The van der Waals surface area contributed by atoms with Crippen molar-refractivity contribution in [1.82, 2.24) is 21.3 Å². The van der Waals surface area contributed by atoms with Gasteiger partial charge in [-0.15, -0.1) is 49.6 Å². The fourth-order valence-electron chi connectivity index (χ4n) is 4.09. The van der Waals surface area contributed by atoms with E-state index in [1.807, 2.05) is 24.3 Å². The number of nitrogens with one attached hydrogen (secondary N) is 4. The molecule has 0 saturated heterocycles. The van der Waals surface area contributed by atoms with Crippen LogP contribution in [-0.4, -0.2) is 53.5 Å². The van der Waals surface area contributed by atoms with Crippen molar-refractivity contribution in [3.8, 4) is 11.5 Å². The normalized spacial score (nSPS) is 9.95. The van der Waals surface area contributed by atoms with Gasteiger partial charge in [0, 0.05) is 13.1 Å². The highest BCUT2D eigenvalue weighted by Gasteiger charge is 1.97. The van der Waals surface area contributed by atoms with Crippen LogP contribution in [0.5, 0.6) is 11.5 Å². The van der Waals surface area contributed by atoms with E-state index in [0.29, 0.717) is 0 Å². The highest BCUT2D eigenvalue weighted by atomic mass is 35.5. The summed E-state index contributed by atoms with van der Waals surface area (Å²) < 4.78 is 10.4. The number of hydrogen-bond acceptors (Lipinski definition) is 6. The first-order chi connectivity index (χ1) is 17.8. The molecule has 0 bridgehead atoms. The van der Waals surface area contributed by atoms with Crippen molar-refractivity contribution in [1.29, 1.82) is 0 Å². The number of rotatable bonds is 23. The second-order valence-corrected chi connectivity index (χ2v) is 9.38. The quantitative estimate of drug-likeness (QED) is 0.103. The van der Waals surface area contributed by atoms with Gasteiger partial charge in [-0.1, -0.05) is 49.9 Å². The molecule has 4 N–H and O–H groups in total. The fraction of sp³-hybridized carbons (Fsp3) is 0.600.